The zero-order chi connectivity index (χ0) is 22.8. The van der Waals surface area contributed by atoms with Crippen LogP contribution in [0.2, 0.25) is 5.02 Å². The smallest absolute Gasteiger partial charge is 0.262 e. The van der Waals surface area contributed by atoms with Gasteiger partial charge < -0.3 is 14.8 Å². The molecule has 2 rings (SSSR count). The van der Waals surface area contributed by atoms with Crippen LogP contribution in [-0.4, -0.2) is 37.8 Å². The molecule has 31 heavy (non-hydrogen) atoms. The van der Waals surface area contributed by atoms with E-state index in [4.69, 9.17) is 27.5 Å². The zero-order valence-electron chi connectivity index (χ0n) is 17.5. The lowest BCUT2D eigenvalue weighted by Gasteiger charge is -2.20. The molecule has 1 atom stereocenters. The molecular weight excluding hydrogens is 418 g/mol. The Morgan fingerprint density at radius 2 is 2.00 bits per heavy atom. The van der Waals surface area contributed by atoms with Crippen LogP contribution in [0, 0.1) is 18.3 Å². The van der Waals surface area contributed by atoms with Crippen LogP contribution >= 0.6 is 11.6 Å². The van der Waals surface area contributed by atoms with Crippen LogP contribution < -0.4 is 20.2 Å². The number of methoxy groups -OCH3 is 1. The number of carbonyl (C=O) groups is 2. The van der Waals surface area contributed by atoms with E-state index in [1.165, 1.54) is 19.4 Å². The summed E-state index contributed by atoms with van der Waals surface area (Å²) in [7, 11) is 1.51. The van der Waals surface area contributed by atoms with Gasteiger partial charge in [-0.05, 0) is 36.2 Å². The Balaban J connectivity index is 2.11. The number of hydrazone groups is 1. The summed E-state index contributed by atoms with van der Waals surface area (Å²) >= 11 is 5.93. The lowest BCUT2D eigenvalue weighted by Crippen LogP contribution is -2.48. The van der Waals surface area contributed by atoms with Gasteiger partial charge in [-0.2, -0.15) is 5.10 Å². The lowest BCUT2D eigenvalue weighted by atomic mass is 10.0. The Kier molecular flexibility index (Phi) is 8.92. The van der Waals surface area contributed by atoms with Gasteiger partial charge in [0.2, 0.25) is 0 Å². The highest BCUT2D eigenvalue weighted by Gasteiger charge is 2.24. The Morgan fingerprint density at radius 1 is 1.26 bits per heavy atom. The fraction of sp³-hybridized carbons (Fsp3) is 0.261. The highest BCUT2D eigenvalue weighted by Crippen LogP contribution is 2.29. The second-order valence-corrected chi connectivity index (χ2v) is 7.25. The largest absolute Gasteiger partial charge is 0.493 e. The summed E-state index contributed by atoms with van der Waals surface area (Å²) in [6.07, 6.45) is 6.68. The van der Waals surface area contributed by atoms with Crippen molar-refractivity contribution < 1.29 is 19.1 Å². The first kappa shape index (κ1) is 23.8. The van der Waals surface area contributed by atoms with Gasteiger partial charge in [0.05, 0.1) is 13.3 Å². The molecule has 7 nitrogen and oxygen atoms in total. The number of terminal acetylenes is 1. The van der Waals surface area contributed by atoms with Crippen LogP contribution in [-0.2, 0) is 4.79 Å². The predicted octanol–water partition coefficient (Wildman–Crippen LogP) is 3.27. The number of para-hydroxylation sites is 1. The van der Waals surface area contributed by atoms with E-state index in [9.17, 15) is 9.59 Å². The van der Waals surface area contributed by atoms with Crippen molar-refractivity contribution in [2.45, 2.75) is 19.9 Å². The SMILES string of the molecule is C#CCOc1c(/C=N/NC(=O)C(NC(=O)c2cccc(Cl)c2)C(C)C)cccc1OC. The minimum Gasteiger partial charge on any atom is -0.493 e. The van der Waals surface area contributed by atoms with Crippen LogP contribution in [0.3, 0.4) is 0 Å². The molecule has 0 aliphatic rings. The Morgan fingerprint density at radius 3 is 2.65 bits per heavy atom. The van der Waals surface area contributed by atoms with Crippen LogP contribution in [0.5, 0.6) is 11.5 Å². The first-order valence-corrected chi connectivity index (χ1v) is 9.87. The minimum atomic E-state index is -0.800. The van der Waals surface area contributed by atoms with Crippen molar-refractivity contribution >= 4 is 29.6 Å². The van der Waals surface area contributed by atoms with Crippen molar-refractivity contribution in [3.05, 3.63) is 58.6 Å². The van der Waals surface area contributed by atoms with E-state index in [2.05, 4.69) is 21.8 Å². The van der Waals surface area contributed by atoms with E-state index in [1.54, 1.807) is 36.4 Å². The summed E-state index contributed by atoms with van der Waals surface area (Å²) in [6, 6.07) is 10.9. The standard InChI is InChI=1S/C23H24ClN3O4/c1-5-12-31-21-17(9-7-11-19(21)30-4)14-25-27-23(29)20(15(2)3)26-22(28)16-8-6-10-18(24)13-16/h1,6-11,13-15,20H,12H2,2-4H3,(H,26,28)(H,27,29)/b25-14+. The molecule has 2 aromatic carbocycles. The molecule has 0 saturated carbocycles. The van der Waals surface area contributed by atoms with Gasteiger partial charge in [0, 0.05) is 16.1 Å². The minimum absolute atomic E-state index is 0.0541. The van der Waals surface area contributed by atoms with Gasteiger partial charge in [-0.1, -0.05) is 43.5 Å². The number of ether oxygens (including phenoxy) is 2. The molecule has 0 aromatic heterocycles. The van der Waals surface area contributed by atoms with Crippen molar-refractivity contribution in [3.63, 3.8) is 0 Å². The summed E-state index contributed by atoms with van der Waals surface area (Å²) in [5.74, 6) is 2.25. The van der Waals surface area contributed by atoms with Crippen molar-refractivity contribution in [1.82, 2.24) is 10.7 Å². The lowest BCUT2D eigenvalue weighted by molar-refractivity contribution is -0.123. The third-order valence-corrected chi connectivity index (χ3v) is 4.47. The number of halogens is 1. The molecule has 0 saturated heterocycles. The monoisotopic (exact) mass is 441 g/mol. The van der Waals surface area contributed by atoms with Gasteiger partial charge in [0.1, 0.15) is 12.6 Å². The van der Waals surface area contributed by atoms with E-state index in [0.29, 0.717) is 27.6 Å². The molecule has 0 heterocycles. The molecule has 8 heteroatoms. The second kappa shape index (κ2) is 11.6. The topological polar surface area (TPSA) is 89.0 Å². The van der Waals surface area contributed by atoms with Gasteiger partial charge in [-0.25, -0.2) is 5.43 Å². The van der Waals surface area contributed by atoms with E-state index in [-0.39, 0.29) is 12.5 Å². The van der Waals surface area contributed by atoms with Gasteiger partial charge in [0.25, 0.3) is 11.8 Å². The molecule has 1 unspecified atom stereocenters. The number of amides is 2. The normalized spacial score (nSPS) is 11.6. The number of nitrogens with one attached hydrogen (secondary N) is 2. The van der Waals surface area contributed by atoms with Gasteiger partial charge in [-0.3, -0.25) is 9.59 Å². The number of benzene rings is 2. The number of hydrogen-bond acceptors (Lipinski definition) is 5. The molecule has 2 aromatic rings. The van der Waals surface area contributed by atoms with Crippen molar-refractivity contribution in [2.24, 2.45) is 11.0 Å². The summed E-state index contributed by atoms with van der Waals surface area (Å²) in [5.41, 5.74) is 3.39. The quantitative estimate of drug-likeness (QED) is 0.355. The third-order valence-electron chi connectivity index (χ3n) is 4.23. The maximum atomic E-state index is 12.6. The first-order valence-electron chi connectivity index (χ1n) is 9.50. The van der Waals surface area contributed by atoms with Crippen molar-refractivity contribution in [1.29, 1.82) is 0 Å². The molecule has 0 spiro atoms. The maximum Gasteiger partial charge on any atom is 0.262 e. The number of rotatable bonds is 9. The van der Waals surface area contributed by atoms with E-state index < -0.39 is 17.9 Å². The first-order chi connectivity index (χ1) is 14.9. The zero-order valence-corrected chi connectivity index (χ0v) is 18.3. The van der Waals surface area contributed by atoms with E-state index in [1.807, 2.05) is 13.8 Å². The molecule has 2 amide bonds. The van der Waals surface area contributed by atoms with Crippen LogP contribution in [0.1, 0.15) is 29.8 Å². The average molecular weight is 442 g/mol. The number of carbonyl (C=O) groups excluding carboxylic acids is 2. The summed E-state index contributed by atoms with van der Waals surface area (Å²) < 4.78 is 10.8. The van der Waals surface area contributed by atoms with Gasteiger partial charge in [-0.15, -0.1) is 6.42 Å². The molecule has 162 valence electrons. The fourth-order valence-electron chi connectivity index (χ4n) is 2.69. The molecular formula is C23H24ClN3O4. The molecule has 0 aliphatic carbocycles. The molecule has 0 fully saturated rings. The van der Waals surface area contributed by atoms with Crippen molar-refractivity contribution in [2.75, 3.05) is 13.7 Å². The van der Waals surface area contributed by atoms with E-state index in [0.717, 1.165) is 0 Å². The summed E-state index contributed by atoms with van der Waals surface area (Å²) in [6.45, 7) is 3.69. The van der Waals surface area contributed by atoms with Gasteiger partial charge in [0.15, 0.2) is 11.5 Å². The summed E-state index contributed by atoms with van der Waals surface area (Å²) in [5, 5.41) is 7.15. The average Bonchev–Trinajstić information content (AvgIpc) is 2.75. The highest BCUT2D eigenvalue weighted by atomic mass is 35.5. The number of hydrogen-bond donors (Lipinski definition) is 2. The van der Waals surface area contributed by atoms with Gasteiger partial charge >= 0.3 is 0 Å². The van der Waals surface area contributed by atoms with Crippen molar-refractivity contribution in [3.8, 4) is 23.8 Å². The highest BCUT2D eigenvalue weighted by molar-refractivity contribution is 6.31. The fourth-order valence-corrected chi connectivity index (χ4v) is 2.88. The molecule has 0 radical (unpaired) electrons. The maximum absolute atomic E-state index is 12.6. The Labute approximate surface area is 186 Å². The van der Waals surface area contributed by atoms with Crippen LogP contribution in [0.4, 0.5) is 0 Å². The molecule has 0 bridgehead atoms. The summed E-state index contributed by atoms with van der Waals surface area (Å²) in [4.78, 5) is 25.1. The van der Waals surface area contributed by atoms with Crippen LogP contribution in [0.15, 0.2) is 47.6 Å². The Hall–Kier alpha value is -3.50. The van der Waals surface area contributed by atoms with Crippen LogP contribution in [0.25, 0.3) is 0 Å². The molecule has 0 aliphatic heterocycles. The molecule has 2 N–H and O–H groups in total. The predicted molar refractivity (Wildman–Crippen MR) is 121 cm³/mol. The Bertz CT molecular complexity index is 999. The number of nitrogens with zero attached hydrogens (tertiary/aromatic N) is 1. The second-order valence-electron chi connectivity index (χ2n) is 6.81. The third kappa shape index (κ3) is 6.76. The van der Waals surface area contributed by atoms with E-state index >= 15 is 0 Å².